The quantitative estimate of drug-likeness (QED) is 0.787. The minimum absolute atomic E-state index is 0.307. The molecule has 1 aromatic rings. The van der Waals surface area contributed by atoms with Crippen LogP contribution in [0.25, 0.3) is 0 Å². The number of methoxy groups -OCH3 is 1. The predicted octanol–water partition coefficient (Wildman–Crippen LogP) is 0.789. The summed E-state index contributed by atoms with van der Waals surface area (Å²) in [6.45, 7) is 3.85. The highest BCUT2D eigenvalue weighted by Crippen LogP contribution is 2.16. The molecule has 1 heterocycles. The Kier molecular flexibility index (Phi) is 4.76. The number of esters is 1. The number of hydrogen-bond donors (Lipinski definition) is 2. The number of benzene rings is 1. The van der Waals surface area contributed by atoms with E-state index in [1.807, 2.05) is 18.2 Å². The Balaban J connectivity index is 2.01. The van der Waals surface area contributed by atoms with Gasteiger partial charge in [0.2, 0.25) is 0 Å². The summed E-state index contributed by atoms with van der Waals surface area (Å²) < 4.78 is 4.79. The van der Waals surface area contributed by atoms with Crippen molar-refractivity contribution in [3.05, 3.63) is 29.8 Å². The average molecular weight is 263 g/mol. The molecule has 1 aliphatic rings. The molecule has 0 spiro atoms. The normalized spacial score (nSPS) is 20.0. The second-order valence-electron chi connectivity index (χ2n) is 4.76. The Labute approximate surface area is 113 Å². The third kappa shape index (κ3) is 3.45. The molecule has 1 unspecified atom stereocenters. The third-order valence-electron chi connectivity index (χ3n) is 3.51. The number of carbonyl (C=O) groups is 1. The van der Waals surface area contributed by atoms with E-state index in [0.717, 1.165) is 31.9 Å². The molecule has 0 aliphatic carbocycles. The van der Waals surface area contributed by atoms with Crippen LogP contribution in [-0.4, -0.2) is 57.2 Å². The van der Waals surface area contributed by atoms with Gasteiger partial charge in [-0.05, 0) is 19.2 Å². The number of nitrogens with zero attached hydrogens (tertiary/aromatic N) is 1. The van der Waals surface area contributed by atoms with Crippen LogP contribution in [0.5, 0.6) is 0 Å². The Morgan fingerprint density at radius 2 is 2.32 bits per heavy atom. The minimum Gasteiger partial charge on any atom is -0.465 e. The van der Waals surface area contributed by atoms with Gasteiger partial charge in [-0.1, -0.05) is 12.1 Å². The molecule has 1 aromatic carbocycles. The number of ether oxygens (including phenoxy) is 1. The monoisotopic (exact) mass is 263 g/mol. The summed E-state index contributed by atoms with van der Waals surface area (Å²) in [5.74, 6) is -0.307. The van der Waals surface area contributed by atoms with Crippen molar-refractivity contribution < 1.29 is 9.53 Å². The maximum absolute atomic E-state index is 11.7. The van der Waals surface area contributed by atoms with Crippen LogP contribution >= 0.6 is 0 Å². The third-order valence-corrected chi connectivity index (χ3v) is 3.51. The molecule has 104 valence electrons. The van der Waals surface area contributed by atoms with Crippen molar-refractivity contribution in [3.8, 4) is 0 Å². The van der Waals surface area contributed by atoms with Gasteiger partial charge in [0.05, 0.1) is 12.7 Å². The van der Waals surface area contributed by atoms with Crippen LogP contribution in [0.1, 0.15) is 10.4 Å². The Bertz CT molecular complexity index is 436. The minimum atomic E-state index is -0.307. The van der Waals surface area contributed by atoms with E-state index >= 15 is 0 Å². The first kappa shape index (κ1) is 13.8. The van der Waals surface area contributed by atoms with E-state index in [0.29, 0.717) is 11.6 Å². The number of likely N-dealkylation sites (N-methyl/N-ethyl adjacent to an activating group) is 1. The van der Waals surface area contributed by atoms with Gasteiger partial charge in [-0.25, -0.2) is 4.79 Å². The van der Waals surface area contributed by atoms with Crippen molar-refractivity contribution in [2.24, 2.45) is 0 Å². The zero-order valence-electron chi connectivity index (χ0n) is 11.5. The zero-order valence-corrected chi connectivity index (χ0v) is 11.5. The van der Waals surface area contributed by atoms with Gasteiger partial charge in [0, 0.05) is 37.9 Å². The molecule has 1 saturated heterocycles. The van der Waals surface area contributed by atoms with Crippen LogP contribution in [0.2, 0.25) is 0 Å². The molecule has 0 radical (unpaired) electrons. The Hall–Kier alpha value is -1.59. The summed E-state index contributed by atoms with van der Waals surface area (Å²) in [6, 6.07) is 7.86. The number of hydrogen-bond acceptors (Lipinski definition) is 5. The summed E-state index contributed by atoms with van der Waals surface area (Å²) in [5.41, 5.74) is 1.41. The second kappa shape index (κ2) is 6.54. The lowest BCUT2D eigenvalue weighted by molar-refractivity contribution is 0.0602. The Morgan fingerprint density at radius 3 is 3.05 bits per heavy atom. The molecule has 0 aromatic heterocycles. The number of anilines is 1. The van der Waals surface area contributed by atoms with Gasteiger partial charge in [0.15, 0.2) is 0 Å². The smallest absolute Gasteiger partial charge is 0.339 e. The zero-order chi connectivity index (χ0) is 13.7. The lowest BCUT2D eigenvalue weighted by Gasteiger charge is -2.33. The van der Waals surface area contributed by atoms with Gasteiger partial charge in [0.1, 0.15) is 0 Å². The molecule has 0 amide bonds. The molecule has 5 nitrogen and oxygen atoms in total. The first-order chi connectivity index (χ1) is 9.22. The number of nitrogens with one attached hydrogen (secondary N) is 2. The summed E-state index contributed by atoms with van der Waals surface area (Å²) in [4.78, 5) is 14.0. The molecule has 5 heteroatoms. The fourth-order valence-corrected chi connectivity index (χ4v) is 2.24. The van der Waals surface area contributed by atoms with Gasteiger partial charge in [-0.15, -0.1) is 0 Å². The number of piperazine rings is 1. The standard InChI is InChI=1S/C14H21N3O2/c1-17-8-7-15-9-11(17)10-16-13-6-4-3-5-12(13)14(18)19-2/h3-6,11,15-16H,7-10H2,1-2H3. The lowest BCUT2D eigenvalue weighted by atomic mass is 10.1. The summed E-state index contributed by atoms with van der Waals surface area (Å²) in [5, 5.41) is 6.72. The van der Waals surface area contributed by atoms with Crippen LogP contribution in [0, 0.1) is 0 Å². The lowest BCUT2D eigenvalue weighted by Crippen LogP contribution is -2.52. The maximum Gasteiger partial charge on any atom is 0.339 e. The van der Waals surface area contributed by atoms with E-state index in [2.05, 4.69) is 22.6 Å². The molecule has 1 atom stereocenters. The molecule has 1 fully saturated rings. The van der Waals surface area contributed by atoms with Crippen LogP contribution in [0.4, 0.5) is 5.69 Å². The first-order valence-corrected chi connectivity index (χ1v) is 6.54. The van der Waals surface area contributed by atoms with Crippen LogP contribution in [0.15, 0.2) is 24.3 Å². The number of carbonyl (C=O) groups excluding carboxylic acids is 1. The predicted molar refractivity (Wildman–Crippen MR) is 75.6 cm³/mol. The van der Waals surface area contributed by atoms with E-state index in [4.69, 9.17) is 4.74 Å². The van der Waals surface area contributed by atoms with Gasteiger partial charge in [-0.3, -0.25) is 4.90 Å². The summed E-state index contributed by atoms with van der Waals surface area (Å²) in [6.07, 6.45) is 0. The topological polar surface area (TPSA) is 53.6 Å². The van der Waals surface area contributed by atoms with Crippen molar-refractivity contribution in [1.29, 1.82) is 0 Å². The highest BCUT2D eigenvalue weighted by Gasteiger charge is 2.19. The maximum atomic E-state index is 11.7. The highest BCUT2D eigenvalue weighted by atomic mass is 16.5. The molecular weight excluding hydrogens is 242 g/mol. The van der Waals surface area contributed by atoms with E-state index in [-0.39, 0.29) is 5.97 Å². The van der Waals surface area contributed by atoms with Crippen LogP contribution in [0.3, 0.4) is 0 Å². The molecule has 0 bridgehead atoms. The molecule has 0 saturated carbocycles. The van der Waals surface area contributed by atoms with Crippen molar-refractivity contribution in [2.75, 3.05) is 45.7 Å². The van der Waals surface area contributed by atoms with Crippen molar-refractivity contribution in [1.82, 2.24) is 10.2 Å². The van der Waals surface area contributed by atoms with Crippen LogP contribution < -0.4 is 10.6 Å². The van der Waals surface area contributed by atoms with Gasteiger partial charge in [-0.2, -0.15) is 0 Å². The average Bonchev–Trinajstić information content (AvgIpc) is 2.46. The van der Waals surface area contributed by atoms with Crippen LogP contribution in [-0.2, 0) is 4.74 Å². The number of rotatable bonds is 4. The molecule has 1 aliphatic heterocycles. The van der Waals surface area contributed by atoms with Gasteiger partial charge >= 0.3 is 5.97 Å². The van der Waals surface area contributed by atoms with Crippen molar-refractivity contribution in [2.45, 2.75) is 6.04 Å². The van der Waals surface area contributed by atoms with E-state index < -0.39 is 0 Å². The Morgan fingerprint density at radius 1 is 1.53 bits per heavy atom. The molecule has 19 heavy (non-hydrogen) atoms. The highest BCUT2D eigenvalue weighted by molar-refractivity contribution is 5.95. The largest absolute Gasteiger partial charge is 0.465 e. The SMILES string of the molecule is COC(=O)c1ccccc1NCC1CNCCN1C. The molecule has 2 rings (SSSR count). The van der Waals surface area contributed by atoms with E-state index in [1.165, 1.54) is 7.11 Å². The van der Waals surface area contributed by atoms with Crippen molar-refractivity contribution in [3.63, 3.8) is 0 Å². The summed E-state index contributed by atoms with van der Waals surface area (Å²) >= 11 is 0. The van der Waals surface area contributed by atoms with E-state index in [9.17, 15) is 4.79 Å². The van der Waals surface area contributed by atoms with Crippen molar-refractivity contribution >= 4 is 11.7 Å². The second-order valence-corrected chi connectivity index (χ2v) is 4.76. The fraction of sp³-hybridized carbons (Fsp3) is 0.500. The van der Waals surface area contributed by atoms with E-state index in [1.54, 1.807) is 6.07 Å². The first-order valence-electron chi connectivity index (χ1n) is 6.54. The summed E-state index contributed by atoms with van der Waals surface area (Å²) in [7, 11) is 3.53. The number of para-hydroxylation sites is 1. The molecule has 2 N–H and O–H groups in total. The van der Waals surface area contributed by atoms with Gasteiger partial charge < -0.3 is 15.4 Å². The fourth-order valence-electron chi connectivity index (χ4n) is 2.24. The van der Waals surface area contributed by atoms with Gasteiger partial charge in [0.25, 0.3) is 0 Å². The molecular formula is C14H21N3O2.